The molecule has 0 bridgehead atoms. The summed E-state index contributed by atoms with van der Waals surface area (Å²) in [5.74, 6) is -1.86. The smallest absolute Gasteiger partial charge is 0.302 e. The third kappa shape index (κ3) is 7.93. The highest BCUT2D eigenvalue weighted by Gasteiger charge is 2.54. The molecule has 5 rings (SSSR count). The van der Waals surface area contributed by atoms with E-state index in [-0.39, 0.29) is 32.1 Å². The molecule has 47 heavy (non-hydrogen) atoms. The minimum absolute atomic E-state index is 0.00332. The number of carbonyl (C=O) groups excluding carboxylic acids is 1. The quantitative estimate of drug-likeness (QED) is 0.106. The first-order chi connectivity index (χ1) is 22.2. The van der Waals surface area contributed by atoms with Gasteiger partial charge < -0.3 is 84.6 Å². The van der Waals surface area contributed by atoms with E-state index < -0.39 is 141 Å². The molecule has 0 aromatic heterocycles. The van der Waals surface area contributed by atoms with Gasteiger partial charge in [-0.25, -0.2) is 0 Å². The molecule has 0 spiro atoms. The Bertz CT molecular complexity index is 1020. The van der Waals surface area contributed by atoms with E-state index >= 15 is 0 Å². The molecule has 272 valence electrons. The van der Waals surface area contributed by atoms with Gasteiger partial charge >= 0.3 is 5.97 Å². The standard InChI is InChI=1S/C29H48O18/c1-9(31)42-8-19-22(37)24(39)26(41)28(47-19)44-16-5-11(32)4-15-12(16)6-17(27(43-15)10-2-13(33)20(35)14(34)3-10)45-29-25(40)23(38)21(36)18(7-30)46-29/h10-30,32-41H,2-8H2,1H3/t10?,11?,12?,13?,14?,15?,16?,17?,18-,19-,20?,21-,22-,23+,24+,25-,26-,27?,28-,29-/m1/s1. The molecule has 3 saturated heterocycles. The molecule has 5 fully saturated rings. The second kappa shape index (κ2) is 15.4. The van der Waals surface area contributed by atoms with E-state index in [2.05, 4.69) is 0 Å². The van der Waals surface area contributed by atoms with Crippen molar-refractivity contribution in [2.45, 2.75) is 149 Å². The van der Waals surface area contributed by atoms with Crippen molar-refractivity contribution in [3.05, 3.63) is 0 Å². The normalized spacial score (nSPS) is 52.4. The predicted octanol–water partition coefficient (Wildman–Crippen LogP) is -5.65. The van der Waals surface area contributed by atoms with E-state index in [0.29, 0.717) is 0 Å². The molecule has 11 N–H and O–H groups in total. The molecule has 8 unspecified atom stereocenters. The molecule has 18 nitrogen and oxygen atoms in total. The van der Waals surface area contributed by atoms with Gasteiger partial charge in [0.1, 0.15) is 61.5 Å². The molecular formula is C29H48O18. The number of ether oxygens (including phenoxy) is 6. The SMILES string of the molecule is CC(=O)OC[C@H]1O[C@@H](OC2CC(O)CC3OC(C4CC(O)C(O)C(O)C4)C(O[C@@H]4O[C@H](CO)[C@@H](O)[C@H](O)[C@H]4O)CC32)[C@H](O)[C@@H](O)[C@@H]1O. The number of fused-ring (bicyclic) bond motifs is 1. The summed E-state index contributed by atoms with van der Waals surface area (Å²) in [5.41, 5.74) is 0. The van der Waals surface area contributed by atoms with E-state index in [1.807, 2.05) is 0 Å². The summed E-state index contributed by atoms with van der Waals surface area (Å²) < 4.78 is 34.9. The van der Waals surface area contributed by atoms with Crippen LogP contribution in [0.2, 0.25) is 0 Å². The number of aliphatic hydroxyl groups is 11. The Hall–Kier alpha value is -1.17. The second-order valence-electron chi connectivity index (χ2n) is 13.4. The first kappa shape index (κ1) is 37.1. The van der Waals surface area contributed by atoms with Crippen molar-refractivity contribution < 1.29 is 89.4 Å². The summed E-state index contributed by atoms with van der Waals surface area (Å²) >= 11 is 0. The highest BCUT2D eigenvalue weighted by Crippen LogP contribution is 2.45. The predicted molar refractivity (Wildman–Crippen MR) is 150 cm³/mol. The molecular weight excluding hydrogens is 636 g/mol. The zero-order valence-corrected chi connectivity index (χ0v) is 25.8. The van der Waals surface area contributed by atoms with Gasteiger partial charge in [0.2, 0.25) is 0 Å². The van der Waals surface area contributed by atoms with E-state index in [1.54, 1.807) is 0 Å². The van der Waals surface area contributed by atoms with Gasteiger partial charge in [-0.2, -0.15) is 0 Å². The number of rotatable bonds is 8. The third-order valence-electron chi connectivity index (χ3n) is 10.1. The molecule has 3 aliphatic heterocycles. The summed E-state index contributed by atoms with van der Waals surface area (Å²) in [6.45, 7) is 0.0104. The van der Waals surface area contributed by atoms with Crippen molar-refractivity contribution in [3.63, 3.8) is 0 Å². The van der Waals surface area contributed by atoms with Crippen LogP contribution in [-0.2, 0) is 33.2 Å². The van der Waals surface area contributed by atoms with Crippen LogP contribution in [0.1, 0.15) is 39.0 Å². The minimum Gasteiger partial charge on any atom is -0.463 e. The molecule has 2 aliphatic carbocycles. The second-order valence-corrected chi connectivity index (χ2v) is 13.4. The van der Waals surface area contributed by atoms with Gasteiger partial charge in [0, 0.05) is 19.3 Å². The van der Waals surface area contributed by atoms with Crippen LogP contribution in [-0.4, -0.2) is 186 Å². The van der Waals surface area contributed by atoms with Gasteiger partial charge in [-0.1, -0.05) is 0 Å². The topological polar surface area (TPSA) is 295 Å². The molecule has 2 saturated carbocycles. The van der Waals surface area contributed by atoms with Gasteiger partial charge in [0.05, 0.1) is 49.3 Å². The highest BCUT2D eigenvalue weighted by atomic mass is 16.7. The van der Waals surface area contributed by atoms with E-state index in [0.717, 1.165) is 6.92 Å². The summed E-state index contributed by atoms with van der Waals surface area (Å²) in [4.78, 5) is 11.3. The highest BCUT2D eigenvalue weighted by molar-refractivity contribution is 5.65. The maximum atomic E-state index is 11.3. The lowest BCUT2D eigenvalue weighted by Crippen LogP contribution is -2.63. The Morgan fingerprint density at radius 3 is 1.77 bits per heavy atom. The van der Waals surface area contributed by atoms with Crippen molar-refractivity contribution in [1.29, 1.82) is 0 Å². The van der Waals surface area contributed by atoms with Crippen LogP contribution >= 0.6 is 0 Å². The van der Waals surface area contributed by atoms with Crippen LogP contribution < -0.4 is 0 Å². The fourth-order valence-electron chi connectivity index (χ4n) is 7.49. The van der Waals surface area contributed by atoms with Gasteiger partial charge in [0.25, 0.3) is 0 Å². The average Bonchev–Trinajstić information content (AvgIpc) is 3.03. The molecule has 18 atom stereocenters. The van der Waals surface area contributed by atoms with Crippen LogP contribution in [0, 0.1) is 11.8 Å². The van der Waals surface area contributed by atoms with Crippen LogP contribution in [0.25, 0.3) is 0 Å². The Labute approximate surface area is 270 Å². The molecule has 0 aromatic rings. The zero-order valence-electron chi connectivity index (χ0n) is 25.8. The van der Waals surface area contributed by atoms with Gasteiger partial charge in [-0.05, 0) is 31.6 Å². The third-order valence-corrected chi connectivity index (χ3v) is 10.1. The Balaban J connectivity index is 1.38. The van der Waals surface area contributed by atoms with Gasteiger partial charge in [0.15, 0.2) is 12.6 Å². The number of hydrogen-bond acceptors (Lipinski definition) is 18. The zero-order chi connectivity index (χ0) is 34.3. The van der Waals surface area contributed by atoms with E-state index in [1.165, 1.54) is 0 Å². The number of aliphatic hydroxyl groups excluding tert-OH is 11. The fraction of sp³-hybridized carbons (Fsp3) is 0.966. The van der Waals surface area contributed by atoms with Crippen molar-refractivity contribution in [1.82, 2.24) is 0 Å². The van der Waals surface area contributed by atoms with Gasteiger partial charge in [-0.15, -0.1) is 0 Å². The van der Waals surface area contributed by atoms with Crippen LogP contribution in [0.3, 0.4) is 0 Å². The number of esters is 1. The summed E-state index contributed by atoms with van der Waals surface area (Å²) in [6, 6.07) is 0. The molecule has 3 heterocycles. The number of hydrogen-bond donors (Lipinski definition) is 11. The number of carbonyl (C=O) groups is 1. The van der Waals surface area contributed by atoms with E-state index in [4.69, 9.17) is 28.4 Å². The Morgan fingerprint density at radius 1 is 0.638 bits per heavy atom. The van der Waals surface area contributed by atoms with Crippen molar-refractivity contribution >= 4 is 5.97 Å². The molecule has 0 amide bonds. The molecule has 5 aliphatic rings. The van der Waals surface area contributed by atoms with Crippen molar-refractivity contribution in [2.24, 2.45) is 11.8 Å². The lowest BCUT2D eigenvalue weighted by atomic mass is 9.72. The van der Waals surface area contributed by atoms with Crippen LogP contribution in [0.4, 0.5) is 0 Å². The average molecular weight is 685 g/mol. The maximum Gasteiger partial charge on any atom is 0.302 e. The summed E-state index contributed by atoms with van der Waals surface area (Å²) in [5, 5.41) is 114. The first-order valence-electron chi connectivity index (χ1n) is 16.0. The molecule has 0 aromatic carbocycles. The van der Waals surface area contributed by atoms with Crippen LogP contribution in [0.5, 0.6) is 0 Å². The minimum atomic E-state index is -1.75. The fourth-order valence-corrected chi connectivity index (χ4v) is 7.49. The lowest BCUT2D eigenvalue weighted by molar-refractivity contribution is -0.345. The van der Waals surface area contributed by atoms with Crippen LogP contribution in [0.15, 0.2) is 0 Å². The Kier molecular flexibility index (Phi) is 12.1. The lowest BCUT2D eigenvalue weighted by Gasteiger charge is -2.52. The monoisotopic (exact) mass is 684 g/mol. The first-order valence-corrected chi connectivity index (χ1v) is 16.0. The maximum absolute atomic E-state index is 11.3. The Morgan fingerprint density at radius 2 is 1.19 bits per heavy atom. The largest absolute Gasteiger partial charge is 0.463 e. The summed E-state index contributed by atoms with van der Waals surface area (Å²) in [7, 11) is 0. The van der Waals surface area contributed by atoms with E-state index in [9.17, 15) is 61.0 Å². The molecule has 18 heteroatoms. The van der Waals surface area contributed by atoms with Crippen molar-refractivity contribution in [3.8, 4) is 0 Å². The van der Waals surface area contributed by atoms with Crippen molar-refractivity contribution in [2.75, 3.05) is 13.2 Å². The van der Waals surface area contributed by atoms with Gasteiger partial charge in [-0.3, -0.25) is 4.79 Å². The molecule has 0 radical (unpaired) electrons. The summed E-state index contributed by atoms with van der Waals surface area (Å²) in [6.07, 6.45) is -24.0.